The van der Waals surface area contributed by atoms with Crippen molar-refractivity contribution in [1.29, 1.82) is 0 Å². The molecule has 14 heavy (non-hydrogen) atoms. The molecule has 0 saturated heterocycles. The summed E-state index contributed by atoms with van der Waals surface area (Å²) in [6.45, 7) is 0.101. The first-order chi connectivity index (χ1) is 6.61. The molecule has 76 valence electrons. The van der Waals surface area contributed by atoms with E-state index in [1.165, 1.54) is 7.05 Å². The van der Waals surface area contributed by atoms with Gasteiger partial charge in [0.1, 0.15) is 0 Å². The summed E-state index contributed by atoms with van der Waals surface area (Å²) >= 11 is 0. The van der Waals surface area contributed by atoms with Crippen LogP contribution in [0.1, 0.15) is 5.69 Å². The predicted molar refractivity (Wildman–Crippen MR) is 46.7 cm³/mol. The van der Waals surface area contributed by atoms with E-state index in [4.69, 9.17) is 0 Å². The van der Waals surface area contributed by atoms with E-state index in [9.17, 15) is 13.6 Å². The highest BCUT2D eigenvalue weighted by molar-refractivity contribution is 5.78. The van der Waals surface area contributed by atoms with Crippen LogP contribution in [0, 0.1) is 0 Å². The number of pyridine rings is 1. The summed E-state index contributed by atoms with van der Waals surface area (Å²) < 4.78 is 23.9. The smallest absolute Gasteiger partial charge is 0.315 e. The summed E-state index contributed by atoms with van der Waals surface area (Å²) in [6.07, 6.45) is -1.40. The van der Waals surface area contributed by atoms with Crippen LogP contribution in [0.15, 0.2) is 24.4 Å². The third-order valence-corrected chi connectivity index (χ3v) is 1.69. The van der Waals surface area contributed by atoms with Crippen LogP contribution in [0.4, 0.5) is 8.78 Å². The van der Waals surface area contributed by atoms with E-state index in [2.05, 4.69) is 4.98 Å². The van der Waals surface area contributed by atoms with Crippen LogP contribution < -0.4 is 0 Å². The summed E-state index contributed by atoms with van der Waals surface area (Å²) in [4.78, 5) is 15.7. The van der Waals surface area contributed by atoms with Gasteiger partial charge in [-0.05, 0) is 12.1 Å². The third kappa shape index (κ3) is 2.76. The Hall–Kier alpha value is -1.52. The number of aromatic nitrogens is 1. The van der Waals surface area contributed by atoms with Crippen LogP contribution in [0.3, 0.4) is 0 Å². The molecule has 5 heteroatoms. The molecule has 0 radical (unpaired) electrons. The minimum atomic E-state index is -2.95. The Labute approximate surface area is 80.4 Å². The minimum absolute atomic E-state index is 0.101. The van der Waals surface area contributed by atoms with E-state index in [-0.39, 0.29) is 6.54 Å². The molecule has 0 aliphatic rings. The van der Waals surface area contributed by atoms with Crippen molar-refractivity contribution in [3.63, 3.8) is 0 Å². The fourth-order valence-electron chi connectivity index (χ4n) is 0.979. The molecule has 0 atom stereocenters. The number of nitrogens with zero attached hydrogens (tertiary/aromatic N) is 2. The topological polar surface area (TPSA) is 33.2 Å². The maximum Gasteiger partial charge on any atom is 0.315 e. The number of hydrogen-bond acceptors (Lipinski definition) is 2. The average Bonchev–Trinajstić information content (AvgIpc) is 2.18. The molecule has 3 nitrogen and oxygen atoms in total. The first-order valence-corrected chi connectivity index (χ1v) is 4.04. The number of alkyl halides is 2. The van der Waals surface area contributed by atoms with Crippen LogP contribution in [-0.4, -0.2) is 29.3 Å². The zero-order valence-electron chi connectivity index (χ0n) is 7.65. The number of rotatable bonds is 3. The summed E-state index contributed by atoms with van der Waals surface area (Å²) in [5.41, 5.74) is 0.587. The number of carbonyl (C=O) groups is 1. The van der Waals surface area contributed by atoms with Gasteiger partial charge in [0.15, 0.2) is 0 Å². The van der Waals surface area contributed by atoms with Gasteiger partial charge in [-0.1, -0.05) is 6.07 Å². The highest BCUT2D eigenvalue weighted by atomic mass is 19.3. The molecule has 1 amide bonds. The highest BCUT2D eigenvalue weighted by Gasteiger charge is 2.20. The molecule has 0 aromatic carbocycles. The normalized spacial score (nSPS) is 10.3. The second-order valence-electron chi connectivity index (χ2n) is 2.82. The number of halogens is 2. The molecule has 1 aromatic heterocycles. The summed E-state index contributed by atoms with van der Waals surface area (Å²) in [6, 6.07) is 5.14. The summed E-state index contributed by atoms with van der Waals surface area (Å²) in [7, 11) is 1.32. The molecule has 0 aliphatic heterocycles. The lowest BCUT2D eigenvalue weighted by Gasteiger charge is -2.15. The second kappa shape index (κ2) is 4.64. The van der Waals surface area contributed by atoms with Gasteiger partial charge < -0.3 is 4.90 Å². The Bertz CT molecular complexity index is 303. The molecule has 0 aliphatic carbocycles. The monoisotopic (exact) mass is 200 g/mol. The SMILES string of the molecule is CN(Cc1ccccn1)C(=O)C(F)F. The molecule has 0 fully saturated rings. The van der Waals surface area contributed by atoms with Crippen molar-refractivity contribution in [2.24, 2.45) is 0 Å². The Morgan fingerprint density at radius 1 is 1.57 bits per heavy atom. The summed E-state index contributed by atoms with van der Waals surface area (Å²) in [5, 5.41) is 0. The number of hydrogen-bond donors (Lipinski definition) is 0. The highest BCUT2D eigenvalue weighted by Crippen LogP contribution is 2.03. The van der Waals surface area contributed by atoms with E-state index in [1.807, 2.05) is 0 Å². The van der Waals surface area contributed by atoms with Crippen molar-refractivity contribution < 1.29 is 13.6 Å². The first-order valence-electron chi connectivity index (χ1n) is 4.04. The van der Waals surface area contributed by atoms with Gasteiger partial charge in [0.25, 0.3) is 5.91 Å². The van der Waals surface area contributed by atoms with E-state index in [0.29, 0.717) is 5.69 Å². The Morgan fingerprint density at radius 3 is 2.79 bits per heavy atom. The zero-order chi connectivity index (χ0) is 10.6. The third-order valence-electron chi connectivity index (χ3n) is 1.69. The van der Waals surface area contributed by atoms with Crippen molar-refractivity contribution >= 4 is 5.91 Å². The molecule has 0 bridgehead atoms. The standard InChI is InChI=1S/C9H10F2N2O/c1-13(9(14)8(10)11)6-7-4-2-3-5-12-7/h2-5,8H,6H2,1H3. The average molecular weight is 200 g/mol. The van der Waals surface area contributed by atoms with Gasteiger partial charge in [-0.15, -0.1) is 0 Å². The van der Waals surface area contributed by atoms with Gasteiger partial charge in [0, 0.05) is 13.2 Å². The fraction of sp³-hybridized carbons (Fsp3) is 0.333. The van der Waals surface area contributed by atoms with Crippen LogP contribution in [0.2, 0.25) is 0 Å². The molecule has 1 rings (SSSR count). The summed E-state index contributed by atoms with van der Waals surface area (Å²) in [5.74, 6) is -1.18. The van der Waals surface area contributed by atoms with Gasteiger partial charge in [0.05, 0.1) is 12.2 Å². The minimum Gasteiger partial charge on any atom is -0.335 e. The van der Waals surface area contributed by atoms with Crippen LogP contribution in [-0.2, 0) is 11.3 Å². The van der Waals surface area contributed by atoms with Crippen LogP contribution in [0.5, 0.6) is 0 Å². The first kappa shape index (κ1) is 10.6. The second-order valence-corrected chi connectivity index (χ2v) is 2.82. The molecule has 1 heterocycles. The van der Waals surface area contributed by atoms with Gasteiger partial charge in [-0.2, -0.15) is 8.78 Å². The van der Waals surface area contributed by atoms with Gasteiger partial charge in [-0.25, -0.2) is 0 Å². The molecule has 0 N–H and O–H groups in total. The van der Waals surface area contributed by atoms with Gasteiger partial charge >= 0.3 is 6.43 Å². The Kier molecular flexibility index (Phi) is 3.50. The molecule has 1 aromatic rings. The van der Waals surface area contributed by atoms with Crippen LogP contribution >= 0.6 is 0 Å². The van der Waals surface area contributed by atoms with E-state index in [1.54, 1.807) is 24.4 Å². The van der Waals surface area contributed by atoms with E-state index < -0.39 is 12.3 Å². The lowest BCUT2D eigenvalue weighted by atomic mass is 10.3. The number of carbonyl (C=O) groups excluding carboxylic acids is 1. The zero-order valence-corrected chi connectivity index (χ0v) is 7.65. The Balaban J connectivity index is 2.57. The van der Waals surface area contributed by atoms with Gasteiger partial charge in [-0.3, -0.25) is 9.78 Å². The quantitative estimate of drug-likeness (QED) is 0.736. The predicted octanol–water partition coefficient (Wildman–Crippen LogP) is 1.31. The van der Waals surface area contributed by atoms with E-state index >= 15 is 0 Å². The van der Waals surface area contributed by atoms with Crippen LogP contribution in [0.25, 0.3) is 0 Å². The molecular weight excluding hydrogens is 190 g/mol. The van der Waals surface area contributed by atoms with Crippen molar-refractivity contribution in [2.45, 2.75) is 13.0 Å². The number of amides is 1. The van der Waals surface area contributed by atoms with Gasteiger partial charge in [0.2, 0.25) is 0 Å². The molecule has 0 saturated carbocycles. The van der Waals surface area contributed by atoms with Crippen molar-refractivity contribution in [3.8, 4) is 0 Å². The molecule has 0 spiro atoms. The maximum absolute atomic E-state index is 12.0. The van der Waals surface area contributed by atoms with Crippen molar-refractivity contribution in [2.75, 3.05) is 7.05 Å². The molecule has 0 unspecified atom stereocenters. The van der Waals surface area contributed by atoms with Crippen molar-refractivity contribution in [1.82, 2.24) is 9.88 Å². The molecular formula is C9H10F2N2O. The fourth-order valence-corrected chi connectivity index (χ4v) is 0.979. The van der Waals surface area contributed by atoms with Crippen molar-refractivity contribution in [3.05, 3.63) is 30.1 Å². The lowest BCUT2D eigenvalue weighted by molar-refractivity contribution is -0.142. The Morgan fingerprint density at radius 2 is 2.29 bits per heavy atom. The largest absolute Gasteiger partial charge is 0.335 e. The van der Waals surface area contributed by atoms with E-state index in [0.717, 1.165) is 4.90 Å². The lowest BCUT2D eigenvalue weighted by Crippen LogP contribution is -2.31. The maximum atomic E-state index is 12.0.